The van der Waals surface area contributed by atoms with Gasteiger partial charge in [-0.3, -0.25) is 4.79 Å². The zero-order valence-corrected chi connectivity index (χ0v) is 19.2. The lowest BCUT2D eigenvalue weighted by atomic mass is 10.00. The van der Waals surface area contributed by atoms with Crippen LogP contribution in [0.15, 0.2) is 24.3 Å². The van der Waals surface area contributed by atoms with Crippen molar-refractivity contribution in [3.63, 3.8) is 0 Å². The molecular weight excluding hydrogens is 417 g/mol. The molecule has 0 aliphatic carbocycles. The van der Waals surface area contributed by atoms with Crippen molar-refractivity contribution in [1.29, 1.82) is 0 Å². The molecule has 174 valence electrons. The predicted octanol–water partition coefficient (Wildman–Crippen LogP) is 4.65. The fraction of sp³-hybridized carbons (Fsp3) is 0.542. The maximum Gasteiger partial charge on any atom is 0.416 e. The van der Waals surface area contributed by atoms with E-state index < -0.39 is 11.7 Å². The average Bonchev–Trinajstić information content (AvgIpc) is 2.74. The molecule has 1 amide bonds. The molecule has 2 heterocycles. The lowest BCUT2D eigenvalue weighted by Crippen LogP contribution is -2.49. The molecule has 0 unspecified atom stereocenters. The number of aromatic nitrogens is 2. The smallest absolute Gasteiger partial charge is 0.353 e. The number of amides is 1. The van der Waals surface area contributed by atoms with Crippen LogP contribution >= 0.6 is 0 Å². The van der Waals surface area contributed by atoms with Crippen LogP contribution in [0.4, 0.5) is 19.0 Å². The van der Waals surface area contributed by atoms with E-state index in [1.54, 1.807) is 6.07 Å². The lowest BCUT2D eigenvalue weighted by molar-refractivity contribution is -0.137. The molecule has 0 saturated carbocycles. The van der Waals surface area contributed by atoms with Crippen molar-refractivity contribution in [2.75, 3.05) is 31.1 Å². The molecule has 1 fully saturated rings. The van der Waals surface area contributed by atoms with E-state index >= 15 is 0 Å². The summed E-state index contributed by atoms with van der Waals surface area (Å²) in [6.45, 7) is 10.4. The van der Waals surface area contributed by atoms with E-state index in [2.05, 4.69) is 14.9 Å². The zero-order valence-electron chi connectivity index (χ0n) is 19.2. The first-order valence-corrected chi connectivity index (χ1v) is 11.1. The normalized spacial score (nSPS) is 14.9. The Bertz CT molecular complexity index is 951. The summed E-state index contributed by atoms with van der Waals surface area (Å²) in [6, 6.07) is 5.44. The summed E-state index contributed by atoms with van der Waals surface area (Å²) in [5, 5.41) is 0. The molecule has 0 N–H and O–H groups in total. The number of hydrogen-bond acceptors (Lipinski definition) is 4. The van der Waals surface area contributed by atoms with E-state index in [9.17, 15) is 18.0 Å². The average molecular weight is 449 g/mol. The van der Waals surface area contributed by atoms with Gasteiger partial charge in [0.05, 0.1) is 5.56 Å². The Balaban J connectivity index is 1.87. The molecule has 3 rings (SSSR count). The minimum atomic E-state index is -4.38. The molecule has 2 aromatic rings. The monoisotopic (exact) mass is 448 g/mol. The van der Waals surface area contributed by atoms with Gasteiger partial charge in [-0.2, -0.15) is 13.2 Å². The van der Waals surface area contributed by atoms with Crippen molar-refractivity contribution < 1.29 is 18.0 Å². The van der Waals surface area contributed by atoms with Gasteiger partial charge in [-0.05, 0) is 30.9 Å². The molecule has 1 aliphatic rings. The standard InChI is InChI=1S/C24H31F3N4O/c1-5-21-20(15-18-7-6-8-19(14-18)24(25,26)27)23(29-17(4)28-21)31-11-9-30(10-12-31)22(32)13-16(2)3/h6-8,14,16H,5,9-13,15H2,1-4H3. The Kier molecular flexibility index (Phi) is 7.41. The van der Waals surface area contributed by atoms with Gasteiger partial charge in [0, 0.05) is 50.3 Å². The number of aryl methyl sites for hydroxylation is 2. The number of hydrogen-bond donors (Lipinski definition) is 0. The molecule has 1 saturated heterocycles. The summed E-state index contributed by atoms with van der Waals surface area (Å²) in [7, 11) is 0. The molecule has 32 heavy (non-hydrogen) atoms. The molecule has 1 aliphatic heterocycles. The van der Waals surface area contributed by atoms with Gasteiger partial charge < -0.3 is 9.80 Å². The molecule has 0 spiro atoms. The number of carbonyl (C=O) groups is 1. The third-order valence-corrected chi connectivity index (χ3v) is 5.67. The highest BCUT2D eigenvalue weighted by molar-refractivity contribution is 5.76. The van der Waals surface area contributed by atoms with E-state index in [-0.39, 0.29) is 5.91 Å². The second-order valence-electron chi connectivity index (χ2n) is 8.71. The van der Waals surface area contributed by atoms with E-state index in [1.165, 1.54) is 12.1 Å². The van der Waals surface area contributed by atoms with Crippen LogP contribution in [0.1, 0.15) is 55.4 Å². The van der Waals surface area contributed by atoms with E-state index in [0.717, 1.165) is 23.1 Å². The Morgan fingerprint density at radius 3 is 2.41 bits per heavy atom. The maximum atomic E-state index is 13.2. The fourth-order valence-electron chi connectivity index (χ4n) is 4.08. The number of rotatable bonds is 6. The molecule has 0 atom stereocenters. The van der Waals surface area contributed by atoms with Gasteiger partial charge >= 0.3 is 6.18 Å². The molecule has 5 nitrogen and oxygen atoms in total. The van der Waals surface area contributed by atoms with E-state index in [4.69, 9.17) is 0 Å². The third kappa shape index (κ3) is 5.78. The SMILES string of the molecule is CCc1nc(C)nc(N2CCN(C(=O)CC(C)C)CC2)c1Cc1cccc(C(F)(F)F)c1. The number of benzene rings is 1. The van der Waals surface area contributed by atoms with Gasteiger partial charge in [0.2, 0.25) is 5.91 Å². The third-order valence-electron chi connectivity index (χ3n) is 5.67. The number of nitrogens with zero attached hydrogens (tertiary/aromatic N) is 4. The summed E-state index contributed by atoms with van der Waals surface area (Å²) < 4.78 is 39.6. The second kappa shape index (κ2) is 9.88. The number of anilines is 1. The first-order chi connectivity index (χ1) is 15.1. The molecule has 1 aromatic carbocycles. The quantitative estimate of drug-likeness (QED) is 0.646. The Labute approximate surface area is 187 Å². The number of piperazine rings is 1. The van der Waals surface area contributed by atoms with Crippen LogP contribution in [-0.2, 0) is 23.8 Å². The van der Waals surface area contributed by atoms with Crippen molar-refractivity contribution in [2.45, 2.75) is 53.1 Å². The molecule has 1 aromatic heterocycles. The second-order valence-corrected chi connectivity index (χ2v) is 8.71. The van der Waals surface area contributed by atoms with Crippen LogP contribution in [0.5, 0.6) is 0 Å². The number of carbonyl (C=O) groups excluding carboxylic acids is 1. The summed E-state index contributed by atoms with van der Waals surface area (Å²) in [6.07, 6.45) is -2.85. The highest BCUT2D eigenvalue weighted by atomic mass is 19.4. The molecule has 0 radical (unpaired) electrons. The summed E-state index contributed by atoms with van der Waals surface area (Å²) in [5.41, 5.74) is 1.64. The van der Waals surface area contributed by atoms with Gasteiger partial charge in [-0.1, -0.05) is 39.0 Å². The number of alkyl halides is 3. The van der Waals surface area contributed by atoms with E-state index in [1.807, 2.05) is 32.6 Å². The van der Waals surface area contributed by atoms with Gasteiger partial charge in [0.15, 0.2) is 0 Å². The van der Waals surface area contributed by atoms with Crippen LogP contribution in [0.2, 0.25) is 0 Å². The minimum Gasteiger partial charge on any atom is -0.353 e. The molecule has 8 heteroatoms. The maximum absolute atomic E-state index is 13.2. The van der Waals surface area contributed by atoms with Crippen LogP contribution in [0.25, 0.3) is 0 Å². The largest absolute Gasteiger partial charge is 0.416 e. The highest BCUT2D eigenvalue weighted by Crippen LogP contribution is 2.31. The van der Waals surface area contributed by atoms with Crippen LogP contribution < -0.4 is 4.90 Å². The van der Waals surface area contributed by atoms with Crippen molar-refractivity contribution in [3.8, 4) is 0 Å². The first-order valence-electron chi connectivity index (χ1n) is 11.1. The van der Waals surface area contributed by atoms with Gasteiger partial charge in [-0.25, -0.2) is 9.97 Å². The first kappa shape index (κ1) is 24.0. The highest BCUT2D eigenvalue weighted by Gasteiger charge is 2.31. The Morgan fingerprint density at radius 2 is 1.81 bits per heavy atom. The zero-order chi connectivity index (χ0) is 23.5. The Morgan fingerprint density at radius 1 is 1.12 bits per heavy atom. The van der Waals surface area contributed by atoms with E-state index in [0.29, 0.717) is 62.7 Å². The van der Waals surface area contributed by atoms with Crippen molar-refractivity contribution in [2.24, 2.45) is 5.92 Å². The van der Waals surface area contributed by atoms with Crippen molar-refractivity contribution >= 4 is 11.7 Å². The van der Waals surface area contributed by atoms with Crippen LogP contribution in [-0.4, -0.2) is 47.0 Å². The molecular formula is C24H31F3N4O. The fourth-order valence-corrected chi connectivity index (χ4v) is 4.08. The topological polar surface area (TPSA) is 49.3 Å². The summed E-state index contributed by atoms with van der Waals surface area (Å²) in [4.78, 5) is 25.7. The number of halogens is 3. The van der Waals surface area contributed by atoms with Crippen molar-refractivity contribution in [1.82, 2.24) is 14.9 Å². The van der Waals surface area contributed by atoms with Gasteiger partial charge in [0.1, 0.15) is 11.6 Å². The van der Waals surface area contributed by atoms with Crippen LogP contribution in [0, 0.1) is 12.8 Å². The minimum absolute atomic E-state index is 0.164. The van der Waals surface area contributed by atoms with Crippen LogP contribution in [0.3, 0.4) is 0 Å². The summed E-state index contributed by atoms with van der Waals surface area (Å²) >= 11 is 0. The predicted molar refractivity (Wildman–Crippen MR) is 119 cm³/mol. The summed E-state index contributed by atoms with van der Waals surface area (Å²) in [5.74, 6) is 1.89. The van der Waals surface area contributed by atoms with Gasteiger partial charge in [-0.15, -0.1) is 0 Å². The van der Waals surface area contributed by atoms with Crippen molar-refractivity contribution in [3.05, 3.63) is 52.5 Å². The van der Waals surface area contributed by atoms with Gasteiger partial charge in [0.25, 0.3) is 0 Å². The Hall–Kier alpha value is -2.64. The molecule has 0 bridgehead atoms. The lowest BCUT2D eigenvalue weighted by Gasteiger charge is -2.37.